The van der Waals surface area contributed by atoms with E-state index in [1.165, 1.54) is 23.1 Å². The van der Waals surface area contributed by atoms with Crippen LogP contribution in [0.2, 0.25) is 0 Å². The number of ether oxygens (including phenoxy) is 1. The van der Waals surface area contributed by atoms with Gasteiger partial charge in [0.05, 0.1) is 23.4 Å². The predicted octanol–water partition coefficient (Wildman–Crippen LogP) is 2.73. The van der Waals surface area contributed by atoms with Crippen LogP contribution >= 0.6 is 23.1 Å². The normalized spacial score (nSPS) is 11.1. The number of aromatic hydroxyl groups is 1. The van der Waals surface area contributed by atoms with Crippen LogP contribution in [0.1, 0.15) is 28.0 Å². The lowest BCUT2D eigenvalue weighted by atomic mass is 10.2. The molecule has 3 aromatic heterocycles. The van der Waals surface area contributed by atoms with Crippen molar-refractivity contribution in [2.45, 2.75) is 24.8 Å². The lowest BCUT2D eigenvalue weighted by Gasteiger charge is -2.05. The van der Waals surface area contributed by atoms with E-state index in [1.807, 2.05) is 6.92 Å². The standard InChI is InChI=1S/C18H17N7O3S2/c1-3-28-17(27)14-9(2)13-15(19)20-12(21-16(13)30-14)8-29-18-22-23-24-25(18)10-4-6-11(26)7-5-10/h4-7,26H,3,8H2,1-2H3,(H2,19,20,21). The van der Waals surface area contributed by atoms with Crippen LogP contribution in [0.4, 0.5) is 5.82 Å². The highest BCUT2D eigenvalue weighted by Gasteiger charge is 2.21. The third-order valence-corrected chi connectivity index (χ3v) is 6.27. The first kappa shape index (κ1) is 20.0. The number of anilines is 1. The lowest BCUT2D eigenvalue weighted by Crippen LogP contribution is -2.04. The summed E-state index contributed by atoms with van der Waals surface area (Å²) in [6.45, 7) is 3.87. The van der Waals surface area contributed by atoms with Gasteiger partial charge >= 0.3 is 5.97 Å². The molecule has 0 radical (unpaired) electrons. The number of thiophene rings is 1. The zero-order valence-electron chi connectivity index (χ0n) is 16.1. The van der Waals surface area contributed by atoms with Gasteiger partial charge in [0.25, 0.3) is 0 Å². The number of aryl methyl sites for hydroxylation is 1. The van der Waals surface area contributed by atoms with Crippen molar-refractivity contribution >= 4 is 45.1 Å². The highest BCUT2D eigenvalue weighted by molar-refractivity contribution is 7.98. The van der Waals surface area contributed by atoms with E-state index in [4.69, 9.17) is 10.5 Å². The summed E-state index contributed by atoms with van der Waals surface area (Å²) < 4.78 is 6.66. The first-order chi connectivity index (χ1) is 14.5. The van der Waals surface area contributed by atoms with Crippen LogP contribution in [0, 0.1) is 6.92 Å². The molecule has 12 heteroatoms. The Kier molecular flexibility index (Phi) is 5.50. The number of benzene rings is 1. The van der Waals surface area contributed by atoms with Crippen LogP contribution in [0.25, 0.3) is 15.9 Å². The number of rotatable bonds is 6. The molecule has 10 nitrogen and oxygen atoms in total. The van der Waals surface area contributed by atoms with Crippen molar-refractivity contribution in [1.29, 1.82) is 0 Å². The zero-order chi connectivity index (χ0) is 21.3. The monoisotopic (exact) mass is 443 g/mol. The molecule has 4 aromatic rings. The molecule has 30 heavy (non-hydrogen) atoms. The van der Waals surface area contributed by atoms with E-state index in [9.17, 15) is 9.90 Å². The third-order valence-electron chi connectivity index (χ3n) is 4.19. The summed E-state index contributed by atoms with van der Waals surface area (Å²) in [5, 5.41) is 22.4. The van der Waals surface area contributed by atoms with Crippen LogP contribution in [-0.4, -0.2) is 47.9 Å². The molecular formula is C18H17N7O3S2. The Morgan fingerprint density at radius 2 is 2.07 bits per heavy atom. The number of fused-ring (bicyclic) bond motifs is 1. The quantitative estimate of drug-likeness (QED) is 0.337. The molecule has 0 unspecified atom stereocenters. The van der Waals surface area contributed by atoms with Crippen LogP contribution in [0.5, 0.6) is 5.75 Å². The van der Waals surface area contributed by atoms with E-state index in [1.54, 1.807) is 35.9 Å². The highest BCUT2D eigenvalue weighted by Crippen LogP contribution is 2.34. The summed E-state index contributed by atoms with van der Waals surface area (Å²) in [7, 11) is 0. The van der Waals surface area contributed by atoms with Gasteiger partial charge in [-0.3, -0.25) is 0 Å². The molecule has 0 atom stereocenters. The van der Waals surface area contributed by atoms with Crippen LogP contribution in [-0.2, 0) is 10.5 Å². The molecule has 0 aliphatic carbocycles. The number of aromatic nitrogens is 6. The van der Waals surface area contributed by atoms with Crippen molar-refractivity contribution in [3.05, 3.63) is 40.5 Å². The minimum atomic E-state index is -0.388. The van der Waals surface area contributed by atoms with Crippen molar-refractivity contribution in [1.82, 2.24) is 30.2 Å². The number of thioether (sulfide) groups is 1. The number of nitrogens with two attached hydrogens (primary N) is 1. The third kappa shape index (κ3) is 3.78. The molecular weight excluding hydrogens is 426 g/mol. The number of phenolic OH excluding ortho intramolecular Hbond substituents is 1. The SMILES string of the molecule is CCOC(=O)c1sc2nc(CSc3nnnn3-c3ccc(O)cc3)nc(N)c2c1C. The summed E-state index contributed by atoms with van der Waals surface area (Å²) in [6, 6.07) is 6.54. The molecule has 3 N–H and O–H groups in total. The highest BCUT2D eigenvalue weighted by atomic mass is 32.2. The number of carbonyl (C=O) groups is 1. The zero-order valence-corrected chi connectivity index (χ0v) is 17.7. The Bertz CT molecular complexity index is 1220. The molecule has 0 amide bonds. The van der Waals surface area contributed by atoms with E-state index in [2.05, 4.69) is 25.5 Å². The summed E-state index contributed by atoms with van der Waals surface area (Å²) in [5.74, 6) is 0.970. The summed E-state index contributed by atoms with van der Waals surface area (Å²) in [4.78, 5) is 22.2. The fourth-order valence-electron chi connectivity index (χ4n) is 2.83. The van der Waals surface area contributed by atoms with E-state index < -0.39 is 0 Å². The lowest BCUT2D eigenvalue weighted by molar-refractivity contribution is 0.0531. The molecule has 0 saturated heterocycles. The number of carbonyl (C=O) groups excluding carboxylic acids is 1. The molecule has 3 heterocycles. The topological polar surface area (TPSA) is 142 Å². The van der Waals surface area contributed by atoms with E-state index in [-0.39, 0.29) is 11.7 Å². The number of hydrogen-bond acceptors (Lipinski definition) is 11. The fraction of sp³-hybridized carbons (Fsp3) is 0.222. The number of tetrazole rings is 1. The fourth-order valence-corrected chi connectivity index (χ4v) is 4.67. The second kappa shape index (κ2) is 8.24. The largest absolute Gasteiger partial charge is 0.508 e. The van der Waals surface area contributed by atoms with Crippen molar-refractivity contribution in [2.24, 2.45) is 0 Å². The molecule has 154 valence electrons. The molecule has 0 spiro atoms. The average Bonchev–Trinajstić information content (AvgIpc) is 3.32. The minimum Gasteiger partial charge on any atom is -0.508 e. The van der Waals surface area contributed by atoms with Gasteiger partial charge in [0.2, 0.25) is 5.16 Å². The van der Waals surface area contributed by atoms with Crippen molar-refractivity contribution in [2.75, 3.05) is 12.3 Å². The van der Waals surface area contributed by atoms with Crippen LogP contribution in [0.3, 0.4) is 0 Å². The van der Waals surface area contributed by atoms with Crippen molar-refractivity contribution < 1.29 is 14.6 Å². The Morgan fingerprint density at radius 3 is 2.80 bits per heavy atom. The van der Waals surface area contributed by atoms with Gasteiger partial charge in [-0.1, -0.05) is 11.8 Å². The molecule has 0 aliphatic rings. The maximum atomic E-state index is 12.2. The number of nitrogen functional groups attached to an aromatic ring is 1. The van der Waals surface area contributed by atoms with Gasteiger partial charge in [-0.2, -0.15) is 4.68 Å². The molecule has 1 aromatic carbocycles. The summed E-state index contributed by atoms with van der Waals surface area (Å²) in [5.41, 5.74) is 7.59. The smallest absolute Gasteiger partial charge is 0.348 e. The van der Waals surface area contributed by atoms with Gasteiger partial charge in [0, 0.05) is 0 Å². The molecule has 0 fully saturated rings. The first-order valence-electron chi connectivity index (χ1n) is 8.91. The van der Waals surface area contributed by atoms with E-state index >= 15 is 0 Å². The number of hydrogen-bond donors (Lipinski definition) is 2. The van der Waals surface area contributed by atoms with Gasteiger partial charge in [-0.15, -0.1) is 16.4 Å². The van der Waals surface area contributed by atoms with Gasteiger partial charge in [-0.05, 0) is 54.1 Å². The summed E-state index contributed by atoms with van der Waals surface area (Å²) >= 11 is 2.59. The first-order valence-corrected chi connectivity index (χ1v) is 10.7. The van der Waals surface area contributed by atoms with Gasteiger partial charge in [0.15, 0.2) is 0 Å². The second-order valence-corrected chi connectivity index (χ2v) is 8.10. The van der Waals surface area contributed by atoms with Gasteiger partial charge < -0.3 is 15.6 Å². The Hall–Kier alpha value is -3.25. The Balaban J connectivity index is 1.59. The maximum Gasteiger partial charge on any atom is 0.348 e. The average molecular weight is 444 g/mol. The second-order valence-electron chi connectivity index (χ2n) is 6.16. The van der Waals surface area contributed by atoms with Crippen LogP contribution < -0.4 is 5.73 Å². The van der Waals surface area contributed by atoms with E-state index in [0.717, 1.165) is 5.56 Å². The van der Waals surface area contributed by atoms with Gasteiger partial charge in [0.1, 0.15) is 27.1 Å². The molecule has 4 rings (SSSR count). The van der Waals surface area contributed by atoms with E-state index in [0.29, 0.717) is 49.9 Å². The maximum absolute atomic E-state index is 12.2. The van der Waals surface area contributed by atoms with Crippen LogP contribution in [0.15, 0.2) is 29.4 Å². The molecule has 0 saturated carbocycles. The molecule has 0 bridgehead atoms. The Labute approximate surface area is 179 Å². The Morgan fingerprint density at radius 1 is 1.30 bits per heavy atom. The van der Waals surface area contributed by atoms with Crippen molar-refractivity contribution in [3.63, 3.8) is 0 Å². The minimum absolute atomic E-state index is 0.159. The number of phenols is 1. The number of esters is 1. The predicted molar refractivity (Wildman–Crippen MR) is 113 cm³/mol. The molecule has 0 aliphatic heterocycles. The number of nitrogens with zero attached hydrogens (tertiary/aromatic N) is 6. The summed E-state index contributed by atoms with van der Waals surface area (Å²) in [6.07, 6.45) is 0. The van der Waals surface area contributed by atoms with Crippen molar-refractivity contribution in [3.8, 4) is 11.4 Å². The van der Waals surface area contributed by atoms with Gasteiger partial charge in [-0.25, -0.2) is 14.8 Å².